The standard InChI is InChI=1S/C20H30N2O4/c1-19(2,3)16(21-18(25)26-20(4,5)6)17(24)22-10-9-13-7-8-15(23)11-14(13)12-22/h7-8,11,16,23H,9-10,12H2,1-6H3,(H,21,25). The number of carbonyl (C=O) groups is 2. The zero-order valence-electron chi connectivity index (χ0n) is 16.5. The molecule has 1 aromatic rings. The van der Waals surface area contributed by atoms with Gasteiger partial charge >= 0.3 is 6.09 Å². The summed E-state index contributed by atoms with van der Waals surface area (Å²) in [5.41, 5.74) is 0.985. The van der Waals surface area contributed by atoms with Crippen molar-refractivity contribution in [2.75, 3.05) is 6.54 Å². The van der Waals surface area contributed by atoms with E-state index in [0.717, 1.165) is 17.5 Å². The molecule has 0 saturated carbocycles. The Kier molecular flexibility index (Phi) is 5.54. The number of hydrogen-bond acceptors (Lipinski definition) is 4. The number of benzene rings is 1. The Bertz CT molecular complexity index is 686. The molecule has 6 heteroatoms. The van der Waals surface area contributed by atoms with Gasteiger partial charge in [0.05, 0.1) is 0 Å². The quantitative estimate of drug-likeness (QED) is 0.847. The number of nitrogens with one attached hydrogen (secondary N) is 1. The second-order valence-electron chi connectivity index (χ2n) is 8.91. The molecular weight excluding hydrogens is 332 g/mol. The fourth-order valence-corrected chi connectivity index (χ4v) is 2.99. The lowest BCUT2D eigenvalue weighted by molar-refractivity contribution is -0.137. The van der Waals surface area contributed by atoms with E-state index in [1.807, 2.05) is 26.8 Å². The number of phenolic OH excluding ortho intramolecular Hbond substituents is 1. The van der Waals surface area contributed by atoms with E-state index >= 15 is 0 Å². The molecule has 0 bridgehead atoms. The Morgan fingerprint density at radius 3 is 2.38 bits per heavy atom. The topological polar surface area (TPSA) is 78.9 Å². The van der Waals surface area contributed by atoms with Gasteiger partial charge in [0, 0.05) is 13.1 Å². The molecule has 0 saturated heterocycles. The summed E-state index contributed by atoms with van der Waals surface area (Å²) >= 11 is 0. The summed E-state index contributed by atoms with van der Waals surface area (Å²) < 4.78 is 5.32. The maximum absolute atomic E-state index is 13.1. The molecule has 0 radical (unpaired) electrons. The average molecular weight is 362 g/mol. The molecule has 1 aliphatic rings. The van der Waals surface area contributed by atoms with Gasteiger partial charge in [0.2, 0.25) is 5.91 Å². The highest BCUT2D eigenvalue weighted by Gasteiger charge is 2.37. The molecule has 1 aromatic carbocycles. The number of nitrogens with zero attached hydrogens (tertiary/aromatic N) is 1. The van der Waals surface area contributed by atoms with E-state index in [1.54, 1.807) is 37.8 Å². The van der Waals surface area contributed by atoms with Crippen LogP contribution in [0.25, 0.3) is 0 Å². The van der Waals surface area contributed by atoms with Crippen molar-refractivity contribution in [2.24, 2.45) is 5.41 Å². The van der Waals surface area contributed by atoms with E-state index in [2.05, 4.69) is 5.32 Å². The maximum atomic E-state index is 13.1. The number of aromatic hydroxyl groups is 1. The predicted octanol–water partition coefficient (Wildman–Crippen LogP) is 3.22. The van der Waals surface area contributed by atoms with E-state index in [-0.39, 0.29) is 11.7 Å². The van der Waals surface area contributed by atoms with Crippen LogP contribution in [-0.4, -0.2) is 40.2 Å². The second-order valence-corrected chi connectivity index (χ2v) is 8.91. The third-order valence-corrected chi connectivity index (χ3v) is 4.29. The fraction of sp³-hybridized carbons (Fsp3) is 0.600. The van der Waals surface area contributed by atoms with Crippen LogP contribution in [0, 0.1) is 5.41 Å². The van der Waals surface area contributed by atoms with Gasteiger partial charge in [-0.3, -0.25) is 4.79 Å². The van der Waals surface area contributed by atoms with Crippen molar-refractivity contribution in [3.63, 3.8) is 0 Å². The third kappa shape index (κ3) is 5.13. The van der Waals surface area contributed by atoms with Crippen molar-refractivity contribution in [2.45, 2.75) is 66.2 Å². The molecule has 26 heavy (non-hydrogen) atoms. The summed E-state index contributed by atoms with van der Waals surface area (Å²) in [6.45, 7) is 12.1. The van der Waals surface area contributed by atoms with Gasteiger partial charge in [-0.25, -0.2) is 4.79 Å². The summed E-state index contributed by atoms with van der Waals surface area (Å²) in [6.07, 6.45) is 0.130. The van der Waals surface area contributed by atoms with E-state index in [4.69, 9.17) is 4.74 Å². The number of hydrogen-bond donors (Lipinski definition) is 2. The Labute approximate surface area is 155 Å². The van der Waals surface area contributed by atoms with Crippen molar-refractivity contribution in [1.29, 1.82) is 0 Å². The van der Waals surface area contributed by atoms with Crippen LogP contribution in [-0.2, 0) is 22.5 Å². The van der Waals surface area contributed by atoms with Crippen LogP contribution >= 0.6 is 0 Å². The number of phenols is 1. The van der Waals surface area contributed by atoms with Crippen LogP contribution in [0.5, 0.6) is 5.75 Å². The molecule has 1 aliphatic heterocycles. The minimum absolute atomic E-state index is 0.141. The Balaban J connectivity index is 2.16. The predicted molar refractivity (Wildman–Crippen MR) is 99.8 cm³/mol. The number of alkyl carbamates (subject to hydrolysis) is 1. The normalized spacial score (nSPS) is 15.8. The highest BCUT2D eigenvalue weighted by Crippen LogP contribution is 2.27. The first-order chi connectivity index (χ1) is 11.9. The summed E-state index contributed by atoms with van der Waals surface area (Å²) in [5.74, 6) is 0.0506. The van der Waals surface area contributed by atoms with E-state index < -0.39 is 23.2 Å². The highest BCUT2D eigenvalue weighted by atomic mass is 16.6. The number of rotatable bonds is 2. The van der Waals surface area contributed by atoms with E-state index in [1.165, 1.54) is 0 Å². The molecule has 2 amide bonds. The maximum Gasteiger partial charge on any atom is 0.408 e. The molecule has 1 heterocycles. The SMILES string of the molecule is CC(C)(C)OC(=O)NC(C(=O)N1CCc2ccc(O)cc2C1)C(C)(C)C. The molecule has 2 N–H and O–H groups in total. The zero-order chi connectivity index (χ0) is 19.7. The molecule has 0 aliphatic carbocycles. The summed E-state index contributed by atoms with van der Waals surface area (Å²) in [5, 5.41) is 12.4. The second kappa shape index (κ2) is 7.17. The van der Waals surface area contributed by atoms with Crippen LogP contribution in [0.1, 0.15) is 52.7 Å². The average Bonchev–Trinajstić information content (AvgIpc) is 2.48. The third-order valence-electron chi connectivity index (χ3n) is 4.29. The molecule has 0 aromatic heterocycles. The van der Waals surface area contributed by atoms with Gasteiger partial charge in [0.25, 0.3) is 0 Å². The first kappa shape index (κ1) is 20.1. The van der Waals surface area contributed by atoms with Gasteiger partial charge in [-0.15, -0.1) is 0 Å². The van der Waals surface area contributed by atoms with Crippen LogP contribution in [0.2, 0.25) is 0 Å². The molecule has 6 nitrogen and oxygen atoms in total. The van der Waals surface area contributed by atoms with E-state index in [0.29, 0.717) is 13.1 Å². The summed E-state index contributed by atoms with van der Waals surface area (Å²) in [7, 11) is 0. The van der Waals surface area contributed by atoms with Gasteiger partial charge < -0.3 is 20.1 Å². The van der Waals surface area contributed by atoms with E-state index in [9.17, 15) is 14.7 Å². The fourth-order valence-electron chi connectivity index (χ4n) is 2.99. The minimum Gasteiger partial charge on any atom is -0.508 e. The van der Waals surface area contributed by atoms with Crippen LogP contribution < -0.4 is 5.32 Å². The first-order valence-corrected chi connectivity index (χ1v) is 8.96. The van der Waals surface area contributed by atoms with Gasteiger partial charge in [-0.2, -0.15) is 0 Å². The highest BCUT2D eigenvalue weighted by molar-refractivity contribution is 5.86. The van der Waals surface area contributed by atoms with Crippen molar-refractivity contribution >= 4 is 12.0 Å². The lowest BCUT2D eigenvalue weighted by Gasteiger charge is -2.37. The Morgan fingerprint density at radius 2 is 1.81 bits per heavy atom. The largest absolute Gasteiger partial charge is 0.508 e. The summed E-state index contributed by atoms with van der Waals surface area (Å²) in [4.78, 5) is 27.1. The lowest BCUT2D eigenvalue weighted by Crippen LogP contribution is -2.56. The van der Waals surface area contributed by atoms with Crippen molar-refractivity contribution < 1.29 is 19.4 Å². The Morgan fingerprint density at radius 1 is 1.15 bits per heavy atom. The van der Waals surface area contributed by atoms with Crippen molar-refractivity contribution in [3.8, 4) is 5.75 Å². The van der Waals surface area contributed by atoms with Crippen LogP contribution in [0.15, 0.2) is 18.2 Å². The zero-order valence-corrected chi connectivity index (χ0v) is 16.5. The summed E-state index contributed by atoms with van der Waals surface area (Å²) in [6, 6.07) is 4.56. The van der Waals surface area contributed by atoms with Crippen LogP contribution in [0.4, 0.5) is 4.79 Å². The lowest BCUT2D eigenvalue weighted by atomic mass is 9.85. The minimum atomic E-state index is -0.698. The molecule has 0 fully saturated rings. The van der Waals surface area contributed by atoms with Gasteiger partial charge in [0.1, 0.15) is 17.4 Å². The number of carbonyl (C=O) groups excluding carboxylic acids is 2. The molecular formula is C20H30N2O4. The number of fused-ring (bicyclic) bond motifs is 1. The van der Waals surface area contributed by atoms with Crippen molar-refractivity contribution in [1.82, 2.24) is 10.2 Å². The smallest absolute Gasteiger partial charge is 0.408 e. The monoisotopic (exact) mass is 362 g/mol. The first-order valence-electron chi connectivity index (χ1n) is 8.96. The van der Waals surface area contributed by atoms with Gasteiger partial charge in [-0.05, 0) is 55.9 Å². The van der Waals surface area contributed by atoms with Crippen molar-refractivity contribution in [3.05, 3.63) is 29.3 Å². The van der Waals surface area contributed by atoms with Gasteiger partial charge in [0.15, 0.2) is 0 Å². The molecule has 1 unspecified atom stereocenters. The van der Waals surface area contributed by atoms with Gasteiger partial charge in [-0.1, -0.05) is 26.8 Å². The Hall–Kier alpha value is -2.24. The molecule has 0 spiro atoms. The molecule has 1 atom stereocenters. The molecule has 144 valence electrons. The number of ether oxygens (including phenoxy) is 1. The molecule has 2 rings (SSSR count). The number of amides is 2. The van der Waals surface area contributed by atoms with Crippen LogP contribution in [0.3, 0.4) is 0 Å².